The molecule has 0 unspecified atom stereocenters. The summed E-state index contributed by atoms with van der Waals surface area (Å²) in [6.07, 6.45) is 1.62. The zero-order valence-corrected chi connectivity index (χ0v) is 16.9. The van der Waals surface area contributed by atoms with E-state index in [4.69, 9.17) is 9.47 Å². The van der Waals surface area contributed by atoms with Crippen LogP contribution < -0.4 is 15.6 Å². The first kappa shape index (κ1) is 19.2. The molecule has 4 rings (SSSR count). The van der Waals surface area contributed by atoms with Crippen LogP contribution in [-0.2, 0) is 4.74 Å². The lowest BCUT2D eigenvalue weighted by Gasteiger charge is -2.12. The molecular formula is C22H20N2O4S. The van der Waals surface area contributed by atoms with Crippen LogP contribution in [0, 0.1) is 0 Å². The molecule has 3 heterocycles. The van der Waals surface area contributed by atoms with Gasteiger partial charge >= 0.3 is 0 Å². The highest BCUT2D eigenvalue weighted by molar-refractivity contribution is 7.18. The molecule has 0 saturated carbocycles. The number of ether oxygens (including phenoxy) is 2. The first-order valence-electron chi connectivity index (χ1n) is 9.12. The van der Waals surface area contributed by atoms with Crippen LogP contribution in [0.25, 0.3) is 26.7 Å². The maximum atomic E-state index is 13.4. The number of thiophene rings is 1. The number of rotatable bonds is 6. The number of nitrogens with zero attached hydrogens (tertiary/aromatic N) is 1. The smallest absolute Gasteiger partial charge is 0.263 e. The summed E-state index contributed by atoms with van der Waals surface area (Å²) in [5.41, 5.74) is 2.26. The first-order chi connectivity index (χ1) is 14.2. The number of amides is 1. The Labute approximate surface area is 171 Å². The number of pyridine rings is 2. The monoisotopic (exact) mass is 408 g/mol. The minimum absolute atomic E-state index is 0.201. The fraction of sp³-hybridized carbons (Fsp3) is 0.182. The molecular weight excluding hydrogens is 388 g/mol. The van der Waals surface area contributed by atoms with Gasteiger partial charge in [0.15, 0.2) is 0 Å². The molecule has 0 bridgehead atoms. The molecule has 0 aliphatic rings. The minimum atomic E-state index is -0.234. The largest absolute Gasteiger partial charge is 0.496 e. The van der Waals surface area contributed by atoms with Crippen molar-refractivity contribution in [3.63, 3.8) is 0 Å². The second-order valence-electron chi connectivity index (χ2n) is 6.46. The number of hydrogen-bond acceptors (Lipinski definition) is 5. The molecule has 29 heavy (non-hydrogen) atoms. The van der Waals surface area contributed by atoms with E-state index in [2.05, 4.69) is 5.32 Å². The van der Waals surface area contributed by atoms with Gasteiger partial charge in [0.25, 0.3) is 11.5 Å². The van der Waals surface area contributed by atoms with Crippen LogP contribution in [0.15, 0.2) is 58.8 Å². The van der Waals surface area contributed by atoms with E-state index >= 15 is 0 Å². The van der Waals surface area contributed by atoms with Crippen molar-refractivity contribution < 1.29 is 14.3 Å². The fourth-order valence-corrected chi connectivity index (χ4v) is 4.33. The van der Waals surface area contributed by atoms with Gasteiger partial charge in [0.05, 0.1) is 35.1 Å². The summed E-state index contributed by atoms with van der Waals surface area (Å²) < 4.78 is 12.9. The highest BCUT2D eigenvalue weighted by atomic mass is 32.1. The van der Waals surface area contributed by atoms with Crippen molar-refractivity contribution in [2.24, 2.45) is 0 Å². The Morgan fingerprint density at radius 2 is 1.93 bits per heavy atom. The average Bonchev–Trinajstić information content (AvgIpc) is 3.24. The Morgan fingerprint density at radius 1 is 1.10 bits per heavy atom. The lowest BCUT2D eigenvalue weighted by Crippen LogP contribution is -2.28. The van der Waals surface area contributed by atoms with Gasteiger partial charge in [0.1, 0.15) is 5.75 Å². The van der Waals surface area contributed by atoms with Gasteiger partial charge in [-0.25, -0.2) is 0 Å². The number of carbonyl (C=O) groups excluding carboxylic acids is 1. The lowest BCUT2D eigenvalue weighted by molar-refractivity contribution is 0.0938. The second-order valence-corrected chi connectivity index (χ2v) is 7.38. The van der Waals surface area contributed by atoms with E-state index in [-0.39, 0.29) is 11.5 Å². The standard InChI is InChI=1S/C22H20N2O4S/c1-27-11-10-23-21(25)17-13-24-18(20-15(17)9-12-29-20)8-7-16(22(24)26)14-5-3-4-6-19(14)28-2/h3-9,12-13H,10-11H2,1-2H3,(H,23,25). The van der Waals surface area contributed by atoms with E-state index in [9.17, 15) is 9.59 Å². The van der Waals surface area contributed by atoms with Gasteiger partial charge in [-0.1, -0.05) is 18.2 Å². The van der Waals surface area contributed by atoms with Crippen LogP contribution in [0.5, 0.6) is 5.75 Å². The van der Waals surface area contributed by atoms with Crippen molar-refractivity contribution in [2.45, 2.75) is 0 Å². The average molecular weight is 408 g/mol. The van der Waals surface area contributed by atoms with Gasteiger partial charge in [-0.05, 0) is 29.6 Å². The van der Waals surface area contributed by atoms with Crippen molar-refractivity contribution in [2.75, 3.05) is 27.4 Å². The number of nitrogens with one attached hydrogen (secondary N) is 1. The molecule has 3 aromatic heterocycles. The first-order valence-corrected chi connectivity index (χ1v) is 9.99. The van der Waals surface area contributed by atoms with Crippen LogP contribution in [0.2, 0.25) is 0 Å². The highest BCUT2D eigenvalue weighted by Crippen LogP contribution is 2.31. The van der Waals surface area contributed by atoms with Gasteiger partial charge in [0, 0.05) is 30.8 Å². The van der Waals surface area contributed by atoms with Gasteiger partial charge in [-0.2, -0.15) is 0 Å². The van der Waals surface area contributed by atoms with Gasteiger partial charge in [-0.15, -0.1) is 11.3 Å². The number of fused-ring (bicyclic) bond motifs is 3. The highest BCUT2D eigenvalue weighted by Gasteiger charge is 2.17. The molecule has 0 saturated heterocycles. The predicted octanol–water partition coefficient (Wildman–Crippen LogP) is 3.57. The Balaban J connectivity index is 1.92. The number of para-hydroxylation sites is 1. The molecule has 6 nitrogen and oxygen atoms in total. The van der Waals surface area contributed by atoms with Gasteiger partial charge in [-0.3, -0.25) is 14.0 Å². The third kappa shape index (κ3) is 3.39. The number of aromatic nitrogens is 1. The van der Waals surface area contributed by atoms with Crippen LogP contribution >= 0.6 is 11.3 Å². The molecule has 0 spiro atoms. The van der Waals surface area contributed by atoms with E-state index in [0.717, 1.165) is 15.6 Å². The lowest BCUT2D eigenvalue weighted by atomic mass is 10.0. The van der Waals surface area contributed by atoms with E-state index in [1.807, 2.05) is 47.8 Å². The second kappa shape index (κ2) is 8.06. The summed E-state index contributed by atoms with van der Waals surface area (Å²) in [7, 11) is 3.16. The minimum Gasteiger partial charge on any atom is -0.496 e. The van der Waals surface area contributed by atoms with Crippen LogP contribution in [0.4, 0.5) is 0 Å². The number of carbonyl (C=O) groups is 1. The zero-order chi connectivity index (χ0) is 20.4. The molecule has 0 aliphatic heterocycles. The summed E-state index contributed by atoms with van der Waals surface area (Å²) in [6.45, 7) is 0.819. The molecule has 4 aromatic rings. The molecule has 1 aromatic carbocycles. The molecule has 0 aliphatic carbocycles. The van der Waals surface area contributed by atoms with Crippen molar-refractivity contribution in [3.8, 4) is 16.9 Å². The number of hydrogen-bond donors (Lipinski definition) is 1. The molecule has 1 N–H and O–H groups in total. The molecule has 7 heteroatoms. The summed E-state index contributed by atoms with van der Waals surface area (Å²) in [5, 5.41) is 5.59. The Morgan fingerprint density at radius 3 is 2.72 bits per heavy atom. The Kier molecular flexibility index (Phi) is 5.33. The van der Waals surface area contributed by atoms with Crippen molar-refractivity contribution in [1.82, 2.24) is 9.72 Å². The van der Waals surface area contributed by atoms with Crippen LogP contribution in [0.1, 0.15) is 10.4 Å². The molecule has 148 valence electrons. The number of methoxy groups -OCH3 is 2. The van der Waals surface area contributed by atoms with Gasteiger partial charge in [0.2, 0.25) is 0 Å². The third-order valence-corrected chi connectivity index (χ3v) is 5.73. The maximum absolute atomic E-state index is 13.4. The molecule has 1 amide bonds. The number of benzene rings is 1. The summed E-state index contributed by atoms with van der Waals surface area (Å²) in [4.78, 5) is 26.1. The summed E-state index contributed by atoms with van der Waals surface area (Å²) in [5.74, 6) is 0.390. The van der Waals surface area contributed by atoms with Crippen LogP contribution in [0.3, 0.4) is 0 Å². The maximum Gasteiger partial charge on any atom is 0.263 e. The molecule has 0 fully saturated rings. The normalized spacial score (nSPS) is 11.1. The third-order valence-electron chi connectivity index (χ3n) is 4.80. The van der Waals surface area contributed by atoms with Crippen molar-refractivity contribution >= 4 is 32.8 Å². The van der Waals surface area contributed by atoms with E-state index < -0.39 is 0 Å². The topological polar surface area (TPSA) is 69.0 Å². The van der Waals surface area contributed by atoms with Gasteiger partial charge < -0.3 is 14.8 Å². The van der Waals surface area contributed by atoms with Crippen molar-refractivity contribution in [1.29, 1.82) is 0 Å². The van der Waals surface area contributed by atoms with E-state index in [1.165, 1.54) is 11.3 Å². The zero-order valence-electron chi connectivity index (χ0n) is 16.1. The quantitative estimate of drug-likeness (QED) is 0.495. The Bertz CT molecular complexity index is 1260. The fourth-order valence-electron chi connectivity index (χ4n) is 3.40. The van der Waals surface area contributed by atoms with E-state index in [0.29, 0.717) is 35.6 Å². The molecule has 0 radical (unpaired) electrons. The predicted molar refractivity (Wildman–Crippen MR) is 115 cm³/mol. The molecule has 0 atom stereocenters. The van der Waals surface area contributed by atoms with Crippen molar-refractivity contribution in [3.05, 3.63) is 70.0 Å². The Hall–Kier alpha value is -3.16. The summed E-state index contributed by atoms with van der Waals surface area (Å²) >= 11 is 1.51. The van der Waals surface area contributed by atoms with E-state index in [1.54, 1.807) is 24.8 Å². The SMILES string of the molecule is COCCNC(=O)c1cn2c(=O)c(-c3ccccc3OC)ccc2c2sccc12. The van der Waals surface area contributed by atoms with Crippen LogP contribution in [-0.4, -0.2) is 37.7 Å². The summed E-state index contributed by atoms with van der Waals surface area (Å²) in [6, 6.07) is 13.0.